The van der Waals surface area contributed by atoms with Gasteiger partial charge in [-0.15, -0.1) is 0 Å². The summed E-state index contributed by atoms with van der Waals surface area (Å²) in [6.07, 6.45) is 0.194. The largest absolute Gasteiger partial charge is 0.497 e. The number of rotatable bonds is 4. The summed E-state index contributed by atoms with van der Waals surface area (Å²) in [5.74, 6) is 0.234. The van der Waals surface area contributed by atoms with Crippen molar-refractivity contribution >= 4 is 40.8 Å². The summed E-state index contributed by atoms with van der Waals surface area (Å²) in [5, 5.41) is 3.45. The quantitative estimate of drug-likeness (QED) is 0.742. The first-order chi connectivity index (χ1) is 15.9. The molecular formula is C24H27ClN4O4. The Morgan fingerprint density at radius 2 is 1.70 bits per heavy atom. The van der Waals surface area contributed by atoms with Crippen molar-refractivity contribution in [1.29, 1.82) is 0 Å². The van der Waals surface area contributed by atoms with E-state index in [0.717, 1.165) is 11.3 Å². The number of anilines is 2. The van der Waals surface area contributed by atoms with Crippen molar-refractivity contribution in [1.82, 2.24) is 9.80 Å². The Morgan fingerprint density at radius 1 is 1.03 bits per heavy atom. The van der Waals surface area contributed by atoms with Crippen molar-refractivity contribution < 1.29 is 19.1 Å². The van der Waals surface area contributed by atoms with Crippen LogP contribution in [0.1, 0.15) is 12.0 Å². The number of benzene rings is 2. The lowest BCUT2D eigenvalue weighted by Gasteiger charge is -2.35. The third kappa shape index (κ3) is 5.06. The minimum atomic E-state index is -0.380. The monoisotopic (exact) mass is 470 g/mol. The molecule has 2 heterocycles. The Balaban J connectivity index is 1.30. The fourth-order valence-electron chi connectivity index (χ4n) is 4.15. The molecule has 9 heteroatoms. The van der Waals surface area contributed by atoms with Gasteiger partial charge in [-0.05, 0) is 48.9 Å². The van der Waals surface area contributed by atoms with E-state index in [4.69, 9.17) is 16.3 Å². The van der Waals surface area contributed by atoms with Crippen LogP contribution in [0.2, 0.25) is 5.02 Å². The Kier molecular flexibility index (Phi) is 6.74. The fraction of sp³-hybridized carbons (Fsp3) is 0.375. The van der Waals surface area contributed by atoms with Crippen LogP contribution in [0.3, 0.4) is 0 Å². The van der Waals surface area contributed by atoms with Crippen molar-refractivity contribution in [2.45, 2.75) is 13.3 Å². The van der Waals surface area contributed by atoms with Crippen LogP contribution in [0.4, 0.5) is 16.2 Å². The van der Waals surface area contributed by atoms with E-state index in [2.05, 4.69) is 5.32 Å². The lowest BCUT2D eigenvalue weighted by molar-refractivity contribution is -0.137. The maximum absolute atomic E-state index is 13.1. The molecule has 8 nitrogen and oxygen atoms in total. The van der Waals surface area contributed by atoms with Crippen molar-refractivity contribution in [3.63, 3.8) is 0 Å². The van der Waals surface area contributed by atoms with Crippen LogP contribution in [-0.2, 0) is 9.59 Å². The number of aryl methyl sites for hydroxylation is 1. The molecule has 2 aromatic rings. The Morgan fingerprint density at radius 3 is 2.33 bits per heavy atom. The lowest BCUT2D eigenvalue weighted by atomic mass is 10.1. The van der Waals surface area contributed by atoms with E-state index in [1.807, 2.05) is 31.2 Å². The van der Waals surface area contributed by atoms with Crippen LogP contribution < -0.4 is 15.0 Å². The summed E-state index contributed by atoms with van der Waals surface area (Å²) in [6, 6.07) is 12.4. The van der Waals surface area contributed by atoms with Gasteiger partial charge in [-0.1, -0.05) is 17.7 Å². The molecule has 2 aliphatic heterocycles. The number of nitrogens with zero attached hydrogens (tertiary/aromatic N) is 3. The van der Waals surface area contributed by atoms with E-state index >= 15 is 0 Å². The molecule has 1 atom stereocenters. The summed E-state index contributed by atoms with van der Waals surface area (Å²) >= 11 is 6.13. The SMILES string of the molecule is COc1ccc(N2CC(C(=O)N3CCN(C(=O)Nc4ccc(C)c(Cl)c4)CC3)CC2=O)cc1. The highest BCUT2D eigenvalue weighted by Crippen LogP contribution is 2.28. The van der Waals surface area contributed by atoms with Crippen molar-refractivity contribution in [2.75, 3.05) is 50.1 Å². The van der Waals surface area contributed by atoms with Crippen molar-refractivity contribution in [3.8, 4) is 5.75 Å². The number of urea groups is 1. The topological polar surface area (TPSA) is 82.2 Å². The summed E-state index contributed by atoms with van der Waals surface area (Å²) in [7, 11) is 1.59. The Bertz CT molecular complexity index is 1050. The fourth-order valence-corrected chi connectivity index (χ4v) is 4.33. The molecule has 0 saturated carbocycles. The number of ether oxygens (including phenoxy) is 1. The number of nitrogens with one attached hydrogen (secondary N) is 1. The number of methoxy groups -OCH3 is 1. The molecular weight excluding hydrogens is 444 g/mol. The van der Waals surface area contributed by atoms with Gasteiger partial charge < -0.3 is 24.8 Å². The zero-order chi connectivity index (χ0) is 23.5. The van der Waals surface area contributed by atoms with Crippen LogP contribution in [0.15, 0.2) is 42.5 Å². The van der Waals surface area contributed by atoms with E-state index in [0.29, 0.717) is 49.2 Å². The Hall–Kier alpha value is -3.26. The van der Waals surface area contributed by atoms with Gasteiger partial charge >= 0.3 is 6.03 Å². The van der Waals surface area contributed by atoms with Gasteiger partial charge in [0.15, 0.2) is 0 Å². The molecule has 1 N–H and O–H groups in total. The molecule has 0 radical (unpaired) electrons. The molecule has 4 rings (SSSR count). The van der Waals surface area contributed by atoms with Gasteiger partial charge in [-0.25, -0.2) is 4.79 Å². The number of carbonyl (C=O) groups is 3. The standard InChI is InChI=1S/C24H27ClN4O4/c1-16-3-4-18(14-21(16)25)26-24(32)28-11-9-27(10-12-28)23(31)17-13-22(30)29(15-17)19-5-7-20(33-2)8-6-19/h3-8,14,17H,9-13,15H2,1-2H3,(H,26,32). The van der Waals surface area contributed by atoms with Gasteiger partial charge in [-0.2, -0.15) is 0 Å². The van der Waals surface area contributed by atoms with Crippen LogP contribution in [0.5, 0.6) is 5.75 Å². The van der Waals surface area contributed by atoms with Gasteiger partial charge in [0, 0.05) is 55.5 Å². The molecule has 0 aliphatic carbocycles. The Labute approximate surface area is 198 Å². The molecule has 0 bridgehead atoms. The zero-order valence-electron chi connectivity index (χ0n) is 18.7. The highest BCUT2D eigenvalue weighted by Gasteiger charge is 2.38. The van der Waals surface area contributed by atoms with Crippen molar-refractivity contribution in [3.05, 3.63) is 53.1 Å². The number of hydrogen-bond acceptors (Lipinski definition) is 4. The molecule has 0 spiro atoms. The van der Waals surface area contributed by atoms with E-state index in [1.54, 1.807) is 40.0 Å². The molecule has 2 fully saturated rings. The van der Waals surface area contributed by atoms with Crippen LogP contribution in [0.25, 0.3) is 0 Å². The molecule has 174 valence electrons. The third-order valence-electron chi connectivity index (χ3n) is 6.16. The highest BCUT2D eigenvalue weighted by molar-refractivity contribution is 6.31. The van der Waals surface area contributed by atoms with E-state index in [-0.39, 0.29) is 30.2 Å². The zero-order valence-corrected chi connectivity index (χ0v) is 19.5. The molecule has 0 aromatic heterocycles. The molecule has 33 heavy (non-hydrogen) atoms. The molecule has 2 aliphatic rings. The van der Waals surface area contributed by atoms with E-state index < -0.39 is 0 Å². The van der Waals surface area contributed by atoms with Gasteiger partial charge in [0.1, 0.15) is 5.75 Å². The summed E-state index contributed by atoms with van der Waals surface area (Å²) in [6.45, 7) is 4.00. The minimum absolute atomic E-state index is 0.0373. The number of hydrogen-bond donors (Lipinski definition) is 1. The molecule has 1 unspecified atom stereocenters. The summed E-state index contributed by atoms with van der Waals surface area (Å²) in [5.41, 5.74) is 2.34. The lowest BCUT2D eigenvalue weighted by Crippen LogP contribution is -2.53. The summed E-state index contributed by atoms with van der Waals surface area (Å²) < 4.78 is 5.16. The maximum atomic E-state index is 13.1. The van der Waals surface area contributed by atoms with Gasteiger partial charge in [0.05, 0.1) is 13.0 Å². The molecule has 2 aromatic carbocycles. The number of halogens is 1. The first-order valence-corrected chi connectivity index (χ1v) is 11.3. The smallest absolute Gasteiger partial charge is 0.321 e. The van der Waals surface area contributed by atoms with Crippen LogP contribution in [0, 0.1) is 12.8 Å². The van der Waals surface area contributed by atoms with E-state index in [9.17, 15) is 14.4 Å². The van der Waals surface area contributed by atoms with Crippen molar-refractivity contribution in [2.24, 2.45) is 5.92 Å². The van der Waals surface area contributed by atoms with Gasteiger partial charge in [-0.3, -0.25) is 9.59 Å². The minimum Gasteiger partial charge on any atom is -0.497 e. The predicted molar refractivity (Wildman–Crippen MR) is 127 cm³/mol. The normalized spacial score (nSPS) is 18.5. The van der Waals surface area contributed by atoms with Gasteiger partial charge in [0.2, 0.25) is 11.8 Å². The maximum Gasteiger partial charge on any atom is 0.321 e. The second kappa shape index (κ2) is 9.70. The average molecular weight is 471 g/mol. The second-order valence-corrected chi connectivity index (χ2v) is 8.72. The predicted octanol–water partition coefficient (Wildman–Crippen LogP) is 3.39. The van der Waals surface area contributed by atoms with Gasteiger partial charge in [0.25, 0.3) is 0 Å². The number of piperazine rings is 1. The first-order valence-electron chi connectivity index (χ1n) is 10.9. The third-order valence-corrected chi connectivity index (χ3v) is 6.57. The van der Waals surface area contributed by atoms with Crippen LogP contribution >= 0.6 is 11.6 Å². The second-order valence-electron chi connectivity index (χ2n) is 8.31. The average Bonchev–Trinajstić information content (AvgIpc) is 3.22. The summed E-state index contributed by atoms with van der Waals surface area (Å²) in [4.78, 5) is 43.3. The highest BCUT2D eigenvalue weighted by atomic mass is 35.5. The molecule has 2 saturated heterocycles. The molecule has 4 amide bonds. The number of carbonyl (C=O) groups excluding carboxylic acids is 3. The first kappa shape index (κ1) is 22.9. The van der Waals surface area contributed by atoms with E-state index in [1.165, 1.54) is 0 Å². The number of amides is 4. The van der Waals surface area contributed by atoms with Crippen LogP contribution in [-0.4, -0.2) is 67.5 Å².